The molecule has 2 rings (SSSR count). The van der Waals surface area contributed by atoms with Gasteiger partial charge in [-0.05, 0) is 30.7 Å². The van der Waals surface area contributed by atoms with E-state index in [0.717, 1.165) is 12.0 Å². The van der Waals surface area contributed by atoms with Gasteiger partial charge in [0.2, 0.25) is 0 Å². The molecule has 0 amide bonds. The molecule has 2 nitrogen and oxygen atoms in total. The first kappa shape index (κ1) is 14.8. The van der Waals surface area contributed by atoms with Crippen LogP contribution in [0.4, 0.5) is 4.39 Å². The summed E-state index contributed by atoms with van der Waals surface area (Å²) in [5.41, 5.74) is 7.40. The molecule has 4 heteroatoms. The van der Waals surface area contributed by atoms with Gasteiger partial charge < -0.3 is 10.5 Å². The zero-order valence-corrected chi connectivity index (χ0v) is 12.0. The minimum Gasteiger partial charge on any atom is -0.488 e. The van der Waals surface area contributed by atoms with Crippen molar-refractivity contribution in [1.29, 1.82) is 0 Å². The van der Waals surface area contributed by atoms with Gasteiger partial charge in [-0.15, -0.1) is 0 Å². The average Bonchev–Trinajstić information content (AvgIpc) is 2.47. The lowest BCUT2D eigenvalue weighted by Crippen LogP contribution is -2.11. The van der Waals surface area contributed by atoms with Gasteiger partial charge in [-0.3, -0.25) is 0 Å². The third-order valence-electron chi connectivity index (χ3n) is 3.15. The first-order chi connectivity index (χ1) is 9.61. The number of nitrogens with two attached hydrogens (primary N) is 1. The van der Waals surface area contributed by atoms with E-state index in [1.807, 2.05) is 31.2 Å². The number of benzene rings is 2. The van der Waals surface area contributed by atoms with Gasteiger partial charge in [-0.2, -0.15) is 0 Å². The summed E-state index contributed by atoms with van der Waals surface area (Å²) < 4.78 is 19.3. The minimum absolute atomic E-state index is 0.0876. The van der Waals surface area contributed by atoms with E-state index < -0.39 is 0 Å². The molecule has 2 N–H and O–H groups in total. The third kappa shape index (κ3) is 3.50. The number of ether oxygens (including phenoxy) is 1. The number of rotatable bonds is 5. The number of hydrogen-bond donors (Lipinski definition) is 1. The summed E-state index contributed by atoms with van der Waals surface area (Å²) in [5.74, 6) is 0.355. The van der Waals surface area contributed by atoms with Gasteiger partial charge in [0, 0.05) is 22.2 Å². The van der Waals surface area contributed by atoms with Crippen LogP contribution in [0.3, 0.4) is 0 Å². The molecule has 1 unspecified atom stereocenters. The van der Waals surface area contributed by atoms with Crippen molar-refractivity contribution in [2.45, 2.75) is 26.0 Å². The Bertz CT molecular complexity index is 588. The molecule has 0 radical (unpaired) electrons. The second-order valence-electron chi connectivity index (χ2n) is 4.58. The highest BCUT2D eigenvalue weighted by Crippen LogP contribution is 2.26. The zero-order valence-electron chi connectivity index (χ0n) is 11.3. The average molecular weight is 294 g/mol. The first-order valence-corrected chi connectivity index (χ1v) is 6.91. The van der Waals surface area contributed by atoms with Crippen LogP contribution in [0.1, 0.15) is 30.5 Å². The molecule has 0 aromatic heterocycles. The molecule has 0 bridgehead atoms. The normalized spacial score (nSPS) is 12.2. The van der Waals surface area contributed by atoms with E-state index in [1.165, 1.54) is 12.1 Å². The van der Waals surface area contributed by atoms with Gasteiger partial charge in [-0.1, -0.05) is 36.7 Å². The van der Waals surface area contributed by atoms with Crippen LogP contribution < -0.4 is 10.5 Å². The first-order valence-electron chi connectivity index (χ1n) is 6.53. The molecule has 2 aromatic carbocycles. The van der Waals surface area contributed by atoms with E-state index in [4.69, 9.17) is 22.1 Å². The molecule has 0 saturated carbocycles. The summed E-state index contributed by atoms with van der Waals surface area (Å²) >= 11 is 5.86. The molecular formula is C16H17ClFNO. The van der Waals surface area contributed by atoms with Gasteiger partial charge in [0.05, 0.1) is 0 Å². The quantitative estimate of drug-likeness (QED) is 0.883. The van der Waals surface area contributed by atoms with Gasteiger partial charge >= 0.3 is 0 Å². The fraction of sp³-hybridized carbons (Fsp3) is 0.250. The maximum absolute atomic E-state index is 13.6. The molecule has 0 aliphatic carbocycles. The minimum atomic E-state index is -0.327. The summed E-state index contributed by atoms with van der Waals surface area (Å²) in [6, 6.07) is 11.9. The Balaban J connectivity index is 2.17. The van der Waals surface area contributed by atoms with Crippen LogP contribution in [-0.4, -0.2) is 0 Å². The van der Waals surface area contributed by atoms with Crippen LogP contribution in [-0.2, 0) is 6.61 Å². The van der Waals surface area contributed by atoms with Crippen molar-refractivity contribution in [3.8, 4) is 5.75 Å². The fourth-order valence-electron chi connectivity index (χ4n) is 1.95. The van der Waals surface area contributed by atoms with Gasteiger partial charge in [-0.25, -0.2) is 4.39 Å². The monoisotopic (exact) mass is 293 g/mol. The Hall–Kier alpha value is -1.58. The SMILES string of the molecule is CCC(N)c1ccccc1OCc1cc(Cl)ccc1F. The van der Waals surface area contributed by atoms with Crippen molar-refractivity contribution >= 4 is 11.6 Å². The molecule has 1 atom stereocenters. The van der Waals surface area contributed by atoms with Crippen molar-refractivity contribution in [3.63, 3.8) is 0 Å². The summed E-state index contributed by atoms with van der Waals surface area (Å²) in [6.07, 6.45) is 0.811. The second kappa shape index (κ2) is 6.73. The summed E-state index contributed by atoms with van der Waals surface area (Å²) in [5, 5.41) is 0.489. The van der Waals surface area contributed by atoms with Crippen LogP contribution in [0.5, 0.6) is 5.75 Å². The lowest BCUT2D eigenvalue weighted by atomic mass is 10.0. The van der Waals surface area contributed by atoms with E-state index in [-0.39, 0.29) is 18.5 Å². The Morgan fingerprint density at radius 3 is 2.75 bits per heavy atom. The number of hydrogen-bond acceptors (Lipinski definition) is 2. The largest absolute Gasteiger partial charge is 0.488 e. The molecule has 20 heavy (non-hydrogen) atoms. The van der Waals surface area contributed by atoms with Crippen LogP contribution in [0, 0.1) is 5.82 Å². The predicted molar refractivity (Wildman–Crippen MR) is 79.4 cm³/mol. The van der Waals surface area contributed by atoms with Crippen molar-refractivity contribution < 1.29 is 9.13 Å². The number of halogens is 2. The Labute approximate surface area is 123 Å². The molecule has 0 fully saturated rings. The van der Waals surface area contributed by atoms with E-state index >= 15 is 0 Å². The van der Waals surface area contributed by atoms with Gasteiger partial charge in [0.25, 0.3) is 0 Å². The standard InChI is InChI=1S/C16H17ClFNO/c1-2-15(19)13-5-3-4-6-16(13)20-10-11-9-12(17)7-8-14(11)18/h3-9,15H,2,10,19H2,1H3. The van der Waals surface area contributed by atoms with Gasteiger partial charge in [0.15, 0.2) is 0 Å². The number of para-hydroxylation sites is 1. The highest BCUT2D eigenvalue weighted by atomic mass is 35.5. The predicted octanol–water partition coefficient (Wildman–Crippen LogP) is 4.47. The maximum Gasteiger partial charge on any atom is 0.129 e. The maximum atomic E-state index is 13.6. The van der Waals surface area contributed by atoms with Crippen molar-refractivity contribution in [3.05, 3.63) is 64.4 Å². The fourth-order valence-corrected chi connectivity index (χ4v) is 2.14. The van der Waals surface area contributed by atoms with Gasteiger partial charge in [0.1, 0.15) is 18.2 Å². The second-order valence-corrected chi connectivity index (χ2v) is 5.01. The van der Waals surface area contributed by atoms with Crippen molar-refractivity contribution in [2.75, 3.05) is 0 Å². The third-order valence-corrected chi connectivity index (χ3v) is 3.38. The lowest BCUT2D eigenvalue weighted by Gasteiger charge is -2.16. The Morgan fingerprint density at radius 1 is 1.25 bits per heavy atom. The summed E-state index contributed by atoms with van der Waals surface area (Å²) in [4.78, 5) is 0. The smallest absolute Gasteiger partial charge is 0.129 e. The topological polar surface area (TPSA) is 35.2 Å². The molecule has 0 saturated heterocycles. The summed E-state index contributed by atoms with van der Waals surface area (Å²) in [7, 11) is 0. The molecule has 2 aromatic rings. The highest BCUT2D eigenvalue weighted by Gasteiger charge is 2.11. The van der Waals surface area contributed by atoms with Crippen molar-refractivity contribution in [1.82, 2.24) is 0 Å². The molecule has 106 valence electrons. The lowest BCUT2D eigenvalue weighted by molar-refractivity contribution is 0.294. The van der Waals surface area contributed by atoms with Crippen LogP contribution in [0.25, 0.3) is 0 Å². The van der Waals surface area contributed by atoms with E-state index in [9.17, 15) is 4.39 Å². The van der Waals surface area contributed by atoms with Crippen LogP contribution in [0.2, 0.25) is 5.02 Å². The molecule has 0 aliphatic rings. The highest BCUT2D eigenvalue weighted by molar-refractivity contribution is 6.30. The molecule has 0 aliphatic heterocycles. The summed E-state index contributed by atoms with van der Waals surface area (Å²) in [6.45, 7) is 2.14. The molecule has 0 heterocycles. The van der Waals surface area contributed by atoms with Crippen LogP contribution >= 0.6 is 11.6 Å². The zero-order chi connectivity index (χ0) is 14.5. The van der Waals surface area contributed by atoms with E-state index in [0.29, 0.717) is 16.3 Å². The Kier molecular flexibility index (Phi) is 4.99. The van der Waals surface area contributed by atoms with Crippen LogP contribution in [0.15, 0.2) is 42.5 Å². The Morgan fingerprint density at radius 2 is 2.00 bits per heavy atom. The molecular weight excluding hydrogens is 277 g/mol. The van der Waals surface area contributed by atoms with Crippen molar-refractivity contribution in [2.24, 2.45) is 5.73 Å². The van der Waals surface area contributed by atoms with E-state index in [2.05, 4.69) is 0 Å². The van der Waals surface area contributed by atoms with E-state index in [1.54, 1.807) is 6.07 Å². The molecule has 0 spiro atoms.